The van der Waals surface area contributed by atoms with Gasteiger partial charge in [0.25, 0.3) is 0 Å². The van der Waals surface area contributed by atoms with E-state index < -0.39 is 6.10 Å². The maximum atomic E-state index is 12.9. The Morgan fingerprint density at radius 2 is 0.526 bits per heavy atom. The lowest BCUT2D eigenvalue weighted by molar-refractivity contribution is -0.167. The lowest BCUT2D eigenvalue weighted by atomic mass is 10.0. The molecule has 0 spiro atoms. The number of hydrogen-bond acceptors (Lipinski definition) is 6. The van der Waals surface area contributed by atoms with Crippen molar-refractivity contribution in [2.45, 2.75) is 341 Å². The van der Waals surface area contributed by atoms with Gasteiger partial charge in [-0.1, -0.05) is 306 Å². The van der Waals surface area contributed by atoms with E-state index in [1.54, 1.807) is 0 Å². The Bertz CT molecular complexity index is 1400. The third-order valence-corrected chi connectivity index (χ3v) is 14.4. The van der Waals surface area contributed by atoms with Gasteiger partial charge in [0, 0.05) is 19.3 Å². The van der Waals surface area contributed by atoms with Crippen molar-refractivity contribution in [3.05, 3.63) is 72.9 Å². The van der Waals surface area contributed by atoms with Gasteiger partial charge in [0.05, 0.1) is 0 Å². The van der Waals surface area contributed by atoms with Crippen LogP contribution in [-0.2, 0) is 28.6 Å². The summed E-state index contributed by atoms with van der Waals surface area (Å²) >= 11 is 0. The first-order valence-corrected chi connectivity index (χ1v) is 32.9. The van der Waals surface area contributed by atoms with Crippen LogP contribution in [0.1, 0.15) is 335 Å². The van der Waals surface area contributed by atoms with E-state index in [9.17, 15) is 14.4 Å². The highest BCUT2D eigenvalue weighted by molar-refractivity contribution is 5.71. The number of hydrogen-bond donors (Lipinski definition) is 0. The standard InChI is InChI=1S/C70H124O6/c1-4-7-10-13-16-19-22-25-28-29-30-31-32-33-34-35-36-37-38-39-40-41-43-45-48-51-54-57-60-63-69(72)75-66-67(65-74-68(71)62-59-56-53-50-47-44-27-24-21-18-15-12-9-6-3)76-70(73)64-61-58-55-52-49-46-42-26-23-20-17-14-11-8-5-2/h8,11,15,17-18,20,24,26-27,42,49,52,67H,4-7,9-10,12-14,16,19,21-23,25,28-41,43-48,50-51,53-66H2,1-3H3/b11-8-,18-15-,20-17-,27-24-,42-26-,52-49-. The van der Waals surface area contributed by atoms with Crippen LogP contribution >= 0.6 is 0 Å². The minimum atomic E-state index is -0.803. The summed E-state index contributed by atoms with van der Waals surface area (Å²) in [5.41, 5.74) is 0. The molecule has 0 saturated heterocycles. The summed E-state index contributed by atoms with van der Waals surface area (Å²) in [5.74, 6) is -0.937. The molecule has 1 atom stereocenters. The van der Waals surface area contributed by atoms with Crippen molar-refractivity contribution in [3.63, 3.8) is 0 Å². The van der Waals surface area contributed by atoms with E-state index in [1.807, 2.05) is 0 Å². The number of allylic oxidation sites excluding steroid dienone is 12. The summed E-state index contributed by atoms with van der Waals surface area (Å²) in [6.45, 7) is 6.48. The molecule has 440 valence electrons. The van der Waals surface area contributed by atoms with Crippen LogP contribution in [0.25, 0.3) is 0 Å². The van der Waals surface area contributed by atoms with Gasteiger partial charge in [-0.2, -0.15) is 0 Å². The van der Waals surface area contributed by atoms with Crippen LogP contribution in [0.3, 0.4) is 0 Å². The molecule has 0 aromatic heterocycles. The van der Waals surface area contributed by atoms with Gasteiger partial charge in [-0.15, -0.1) is 0 Å². The summed E-state index contributed by atoms with van der Waals surface area (Å²) in [6, 6.07) is 0. The SMILES string of the molecule is CC/C=C\C/C=C\C/C=C\C/C=C\CCCCC(=O)OC(COC(=O)CCCCCCC/C=C\C/C=C\CCCC)COC(=O)CCCCCCCCCCCCCCCCCCCCCCCCCCCCCCC. The molecule has 0 rings (SSSR count). The lowest BCUT2D eigenvalue weighted by Crippen LogP contribution is -2.30. The molecule has 0 aliphatic heterocycles. The first kappa shape index (κ1) is 72.8. The predicted molar refractivity (Wildman–Crippen MR) is 330 cm³/mol. The van der Waals surface area contributed by atoms with E-state index in [4.69, 9.17) is 14.2 Å². The van der Waals surface area contributed by atoms with Crippen molar-refractivity contribution in [3.8, 4) is 0 Å². The molecular weight excluding hydrogens is 937 g/mol. The third kappa shape index (κ3) is 61.7. The molecule has 0 aliphatic carbocycles. The van der Waals surface area contributed by atoms with Gasteiger partial charge in [0.1, 0.15) is 13.2 Å². The summed E-state index contributed by atoms with van der Waals surface area (Å²) < 4.78 is 16.9. The van der Waals surface area contributed by atoms with Crippen LogP contribution in [0, 0.1) is 0 Å². The molecule has 6 nitrogen and oxygen atoms in total. The maximum absolute atomic E-state index is 12.9. The average molecular weight is 1060 g/mol. The van der Waals surface area contributed by atoms with Crippen molar-refractivity contribution in [1.82, 2.24) is 0 Å². The minimum absolute atomic E-state index is 0.0943. The molecule has 0 fully saturated rings. The normalized spacial score (nSPS) is 12.5. The van der Waals surface area contributed by atoms with Gasteiger partial charge in [-0.25, -0.2) is 0 Å². The van der Waals surface area contributed by atoms with E-state index in [0.717, 1.165) is 103 Å². The quantitative estimate of drug-likeness (QED) is 0.0261. The Labute approximate surface area is 472 Å². The lowest BCUT2D eigenvalue weighted by Gasteiger charge is -2.18. The second-order valence-corrected chi connectivity index (χ2v) is 22.0. The zero-order valence-corrected chi connectivity index (χ0v) is 50.5. The highest BCUT2D eigenvalue weighted by atomic mass is 16.6. The Kier molecular flexibility index (Phi) is 61.7. The van der Waals surface area contributed by atoms with E-state index in [2.05, 4.69) is 93.7 Å². The fraction of sp³-hybridized carbons (Fsp3) is 0.786. The number of ether oxygens (including phenoxy) is 3. The fourth-order valence-corrected chi connectivity index (χ4v) is 9.51. The van der Waals surface area contributed by atoms with Gasteiger partial charge in [0.2, 0.25) is 0 Å². The van der Waals surface area contributed by atoms with Crippen LogP contribution in [0.2, 0.25) is 0 Å². The Morgan fingerprint density at radius 3 is 0.868 bits per heavy atom. The Hall–Kier alpha value is -3.15. The molecule has 6 heteroatoms. The van der Waals surface area contributed by atoms with Crippen LogP contribution in [0.5, 0.6) is 0 Å². The first-order valence-electron chi connectivity index (χ1n) is 32.9. The molecule has 76 heavy (non-hydrogen) atoms. The van der Waals surface area contributed by atoms with Crippen molar-refractivity contribution in [1.29, 1.82) is 0 Å². The highest BCUT2D eigenvalue weighted by Gasteiger charge is 2.19. The van der Waals surface area contributed by atoms with Gasteiger partial charge in [0.15, 0.2) is 6.10 Å². The smallest absolute Gasteiger partial charge is 0.306 e. The van der Waals surface area contributed by atoms with E-state index >= 15 is 0 Å². The summed E-state index contributed by atoms with van der Waals surface area (Å²) in [4.78, 5) is 38.2. The number of esters is 3. The molecule has 0 aromatic carbocycles. The van der Waals surface area contributed by atoms with Crippen molar-refractivity contribution >= 4 is 17.9 Å². The molecule has 0 radical (unpaired) electrons. The Morgan fingerprint density at radius 1 is 0.276 bits per heavy atom. The first-order chi connectivity index (χ1) is 37.5. The highest BCUT2D eigenvalue weighted by Crippen LogP contribution is 2.18. The third-order valence-electron chi connectivity index (χ3n) is 14.4. The van der Waals surface area contributed by atoms with Gasteiger partial charge in [-0.3, -0.25) is 14.4 Å². The van der Waals surface area contributed by atoms with Crippen molar-refractivity contribution in [2.75, 3.05) is 13.2 Å². The zero-order chi connectivity index (χ0) is 55.0. The van der Waals surface area contributed by atoms with E-state index in [-0.39, 0.29) is 37.5 Å². The molecular formula is C70H124O6. The van der Waals surface area contributed by atoms with Gasteiger partial charge >= 0.3 is 17.9 Å². The van der Waals surface area contributed by atoms with E-state index in [0.29, 0.717) is 19.3 Å². The molecule has 0 N–H and O–H groups in total. The number of rotatable bonds is 60. The minimum Gasteiger partial charge on any atom is -0.462 e. The summed E-state index contributed by atoms with van der Waals surface area (Å²) in [5, 5.41) is 0. The second-order valence-electron chi connectivity index (χ2n) is 22.0. The Balaban J connectivity index is 4.21. The molecule has 0 aliphatic rings. The maximum Gasteiger partial charge on any atom is 0.306 e. The number of unbranched alkanes of at least 4 members (excludes halogenated alkanes) is 37. The van der Waals surface area contributed by atoms with Crippen LogP contribution in [-0.4, -0.2) is 37.2 Å². The molecule has 0 bridgehead atoms. The molecule has 1 unspecified atom stereocenters. The molecule has 0 heterocycles. The fourth-order valence-electron chi connectivity index (χ4n) is 9.51. The second kappa shape index (κ2) is 64.4. The molecule has 0 saturated carbocycles. The van der Waals surface area contributed by atoms with Crippen LogP contribution < -0.4 is 0 Å². The largest absolute Gasteiger partial charge is 0.462 e. The zero-order valence-electron chi connectivity index (χ0n) is 50.5. The van der Waals surface area contributed by atoms with Gasteiger partial charge < -0.3 is 14.2 Å². The molecule has 0 amide bonds. The van der Waals surface area contributed by atoms with E-state index in [1.165, 1.54) is 186 Å². The number of carbonyl (C=O) groups excluding carboxylic acids is 3. The number of carbonyl (C=O) groups is 3. The topological polar surface area (TPSA) is 78.9 Å². The van der Waals surface area contributed by atoms with Crippen molar-refractivity contribution < 1.29 is 28.6 Å². The predicted octanol–water partition coefficient (Wildman–Crippen LogP) is 22.5. The molecule has 0 aromatic rings. The van der Waals surface area contributed by atoms with Crippen LogP contribution in [0.4, 0.5) is 0 Å². The van der Waals surface area contributed by atoms with Gasteiger partial charge in [-0.05, 0) is 83.5 Å². The van der Waals surface area contributed by atoms with Crippen LogP contribution in [0.15, 0.2) is 72.9 Å². The summed E-state index contributed by atoms with van der Waals surface area (Å²) in [6.07, 6.45) is 83.7. The van der Waals surface area contributed by atoms with Crippen molar-refractivity contribution in [2.24, 2.45) is 0 Å². The average Bonchev–Trinajstić information content (AvgIpc) is 3.42. The summed E-state index contributed by atoms with van der Waals surface area (Å²) in [7, 11) is 0. The monoisotopic (exact) mass is 1060 g/mol.